The molecule has 0 bridgehead atoms. The molecule has 0 amide bonds. The van der Waals surface area contributed by atoms with Gasteiger partial charge in [-0.05, 0) is 74.4 Å². The molecule has 2 heterocycles. The van der Waals surface area contributed by atoms with E-state index in [1.54, 1.807) is 12.1 Å². The third-order valence-electron chi connectivity index (χ3n) is 7.39. The lowest BCUT2D eigenvalue weighted by molar-refractivity contribution is -0.158. The normalized spacial score (nSPS) is 17.4. The van der Waals surface area contributed by atoms with Gasteiger partial charge in [0.2, 0.25) is 0 Å². The van der Waals surface area contributed by atoms with Crippen molar-refractivity contribution in [3.05, 3.63) is 36.0 Å². The molecule has 3 rings (SSSR count). The lowest BCUT2D eigenvalue weighted by Gasteiger charge is -2.34. The molecule has 0 spiro atoms. The molecule has 0 aliphatic carbocycles. The number of benzene rings is 1. The Morgan fingerprint density at radius 3 is 1.35 bits per heavy atom. The number of hydrogen-bond donors (Lipinski definition) is 1. The number of para-hydroxylation sites is 1. The maximum absolute atomic E-state index is 12.9. The largest absolute Gasteiger partial charge is 0.506 e. The minimum Gasteiger partial charge on any atom is -0.506 e. The molecule has 268 valence electrons. The maximum atomic E-state index is 12.9. The van der Waals surface area contributed by atoms with Crippen LogP contribution in [-0.4, -0.2) is 136 Å². The first-order valence-electron chi connectivity index (χ1n) is 16.9. The van der Waals surface area contributed by atoms with Crippen molar-refractivity contribution in [3.8, 4) is 5.75 Å². The molecule has 1 N–H and O–H groups in total. The zero-order chi connectivity index (χ0) is 35.7. The van der Waals surface area contributed by atoms with E-state index >= 15 is 0 Å². The van der Waals surface area contributed by atoms with Crippen LogP contribution in [0.15, 0.2) is 30.3 Å². The van der Waals surface area contributed by atoms with E-state index in [2.05, 4.69) is 14.7 Å². The Balaban J connectivity index is 1.87. The number of pyridine rings is 1. The number of aromatic nitrogens is 1. The molecule has 2 aromatic rings. The van der Waals surface area contributed by atoms with Gasteiger partial charge in [-0.25, -0.2) is 4.98 Å². The zero-order valence-corrected chi connectivity index (χ0v) is 30.5. The summed E-state index contributed by atoms with van der Waals surface area (Å²) in [5, 5.41) is 11.3. The lowest BCUT2D eigenvalue weighted by atomic mass is 10.2. The fourth-order valence-corrected chi connectivity index (χ4v) is 5.37. The van der Waals surface area contributed by atoms with Gasteiger partial charge in [0.1, 0.15) is 28.1 Å². The predicted molar refractivity (Wildman–Crippen MR) is 186 cm³/mol. The highest BCUT2D eigenvalue weighted by molar-refractivity contribution is 5.84. The van der Waals surface area contributed by atoms with E-state index in [1.165, 1.54) is 0 Å². The van der Waals surface area contributed by atoms with Crippen molar-refractivity contribution in [1.82, 2.24) is 24.6 Å². The number of phenolic OH excluding ortho intramolecular Hbond substituents is 1. The van der Waals surface area contributed by atoms with Gasteiger partial charge in [-0.2, -0.15) is 0 Å². The Labute approximate surface area is 286 Å². The Morgan fingerprint density at radius 2 is 0.979 bits per heavy atom. The smallest absolute Gasteiger partial charge is 0.320 e. The summed E-state index contributed by atoms with van der Waals surface area (Å²) in [6.07, 6.45) is 0. The lowest BCUT2D eigenvalue weighted by Crippen LogP contribution is -2.49. The summed E-state index contributed by atoms with van der Waals surface area (Å²) < 4.78 is 16.9. The van der Waals surface area contributed by atoms with E-state index in [-0.39, 0.29) is 43.3 Å². The molecule has 1 aromatic carbocycles. The Morgan fingerprint density at radius 1 is 0.604 bits per heavy atom. The molecule has 1 aliphatic heterocycles. The second-order valence-corrected chi connectivity index (χ2v) is 15.5. The topological polar surface area (TPSA) is 125 Å². The minimum absolute atomic E-state index is 0.0877. The summed E-state index contributed by atoms with van der Waals surface area (Å²) in [6.45, 7) is 21.8. The number of ether oxygens (including phenoxy) is 3. The van der Waals surface area contributed by atoms with Crippen LogP contribution >= 0.6 is 0 Å². The van der Waals surface area contributed by atoms with E-state index in [1.807, 2.05) is 85.4 Å². The molecular formula is C36H57N5O7. The number of carbonyl (C=O) groups excluding carboxylic acids is 3. The first kappa shape index (κ1) is 39.1. The summed E-state index contributed by atoms with van der Waals surface area (Å²) in [7, 11) is 0. The van der Waals surface area contributed by atoms with Crippen LogP contribution < -0.4 is 0 Å². The molecule has 1 aliphatic rings. The molecular weight excluding hydrogens is 614 g/mol. The van der Waals surface area contributed by atoms with Crippen LogP contribution in [0.5, 0.6) is 5.75 Å². The molecule has 12 nitrogen and oxygen atoms in total. The number of nitrogens with zero attached hydrogens (tertiary/aromatic N) is 5. The zero-order valence-electron chi connectivity index (χ0n) is 30.5. The van der Waals surface area contributed by atoms with Crippen LogP contribution in [0.4, 0.5) is 0 Å². The van der Waals surface area contributed by atoms with E-state index in [0.29, 0.717) is 64.4 Å². The second kappa shape index (κ2) is 16.9. The first-order chi connectivity index (χ1) is 22.2. The van der Waals surface area contributed by atoms with Gasteiger partial charge in [0.15, 0.2) is 0 Å². The van der Waals surface area contributed by atoms with Crippen LogP contribution in [0.1, 0.15) is 68.0 Å². The SMILES string of the molecule is CC(C)(C)OC(=O)CN1CCN(CC(=O)OC(C)(C)C)CCN(Cc2ccc3cccc(O)c3n2)CCN(CC(=O)OC(C)(C)C)CC1. The molecule has 1 saturated heterocycles. The van der Waals surface area contributed by atoms with Crippen LogP contribution in [-0.2, 0) is 35.1 Å². The standard InChI is InChI=1S/C36H57N5O7/c1-34(2,3)46-30(43)24-39-17-15-38(23-28-14-13-27-11-10-12-29(42)33(27)37-28)16-18-40(25-31(44)47-35(4,5)6)20-22-41(21-19-39)26-32(45)48-36(7,8)9/h10-14,42H,15-26H2,1-9H3. The van der Waals surface area contributed by atoms with Crippen molar-refractivity contribution >= 4 is 28.8 Å². The Hall–Kier alpha value is -3.32. The summed E-state index contributed by atoms with van der Waals surface area (Å²) in [5.74, 6) is -0.816. The van der Waals surface area contributed by atoms with Crippen molar-refractivity contribution in [2.75, 3.05) is 72.0 Å². The van der Waals surface area contributed by atoms with Crippen molar-refractivity contribution < 1.29 is 33.7 Å². The van der Waals surface area contributed by atoms with Gasteiger partial charge in [-0.3, -0.25) is 34.0 Å². The van der Waals surface area contributed by atoms with Crippen LogP contribution in [0.2, 0.25) is 0 Å². The van der Waals surface area contributed by atoms with Crippen LogP contribution in [0, 0.1) is 0 Å². The molecule has 1 fully saturated rings. The fourth-order valence-electron chi connectivity index (χ4n) is 5.37. The first-order valence-corrected chi connectivity index (χ1v) is 16.9. The van der Waals surface area contributed by atoms with Gasteiger partial charge in [-0.1, -0.05) is 18.2 Å². The Kier molecular flexibility index (Phi) is 13.7. The number of fused-ring (bicyclic) bond motifs is 1. The number of aromatic hydroxyl groups is 1. The van der Waals surface area contributed by atoms with Gasteiger partial charge in [0, 0.05) is 64.3 Å². The van der Waals surface area contributed by atoms with Crippen molar-refractivity contribution in [2.24, 2.45) is 0 Å². The number of hydrogen-bond acceptors (Lipinski definition) is 12. The molecule has 48 heavy (non-hydrogen) atoms. The average Bonchev–Trinajstić information content (AvgIpc) is 2.91. The van der Waals surface area contributed by atoms with Crippen LogP contribution in [0.3, 0.4) is 0 Å². The second-order valence-electron chi connectivity index (χ2n) is 15.5. The minimum atomic E-state index is -0.614. The van der Waals surface area contributed by atoms with E-state index in [0.717, 1.165) is 11.1 Å². The highest BCUT2D eigenvalue weighted by Gasteiger charge is 2.25. The summed E-state index contributed by atoms with van der Waals surface area (Å²) >= 11 is 0. The number of carbonyl (C=O) groups is 3. The number of rotatable bonds is 8. The highest BCUT2D eigenvalue weighted by Crippen LogP contribution is 2.23. The van der Waals surface area contributed by atoms with Crippen LogP contribution in [0.25, 0.3) is 10.9 Å². The average molecular weight is 672 g/mol. The maximum Gasteiger partial charge on any atom is 0.320 e. The van der Waals surface area contributed by atoms with Gasteiger partial charge in [0.05, 0.1) is 25.3 Å². The summed E-state index contributed by atoms with van der Waals surface area (Å²) in [4.78, 5) is 51.9. The summed E-state index contributed by atoms with van der Waals surface area (Å²) in [6, 6.07) is 9.25. The molecule has 0 unspecified atom stereocenters. The highest BCUT2D eigenvalue weighted by atomic mass is 16.6. The number of esters is 3. The van der Waals surface area contributed by atoms with Crippen molar-refractivity contribution in [3.63, 3.8) is 0 Å². The third-order valence-corrected chi connectivity index (χ3v) is 7.39. The molecule has 1 aromatic heterocycles. The van der Waals surface area contributed by atoms with Gasteiger partial charge in [-0.15, -0.1) is 0 Å². The molecule has 0 radical (unpaired) electrons. The molecule has 0 atom stereocenters. The van der Waals surface area contributed by atoms with E-state index < -0.39 is 16.8 Å². The molecule has 0 saturated carbocycles. The van der Waals surface area contributed by atoms with E-state index in [9.17, 15) is 19.5 Å². The fraction of sp³-hybridized carbons (Fsp3) is 0.667. The quantitative estimate of drug-likeness (QED) is 0.325. The number of phenols is 1. The Bertz CT molecular complexity index is 1330. The van der Waals surface area contributed by atoms with E-state index in [4.69, 9.17) is 19.2 Å². The van der Waals surface area contributed by atoms with Gasteiger partial charge < -0.3 is 19.3 Å². The van der Waals surface area contributed by atoms with Crippen molar-refractivity contribution in [2.45, 2.75) is 85.7 Å². The van der Waals surface area contributed by atoms with Gasteiger partial charge >= 0.3 is 17.9 Å². The predicted octanol–water partition coefficient (Wildman–Crippen LogP) is 3.69. The van der Waals surface area contributed by atoms with Crippen molar-refractivity contribution in [1.29, 1.82) is 0 Å². The van der Waals surface area contributed by atoms with Gasteiger partial charge in [0.25, 0.3) is 0 Å². The molecule has 12 heteroatoms. The summed E-state index contributed by atoms with van der Waals surface area (Å²) in [5.41, 5.74) is -0.478. The third kappa shape index (κ3) is 14.8. The monoisotopic (exact) mass is 671 g/mol.